The maximum absolute atomic E-state index is 13.3. The maximum atomic E-state index is 13.3. The molecule has 148 valence electrons. The number of rotatable bonds is 4. The summed E-state index contributed by atoms with van der Waals surface area (Å²) in [6, 6.07) is 7.10. The number of hydrogen-bond donors (Lipinski definition) is 0. The fraction of sp³-hybridized carbons (Fsp3) is 0.286. The molecule has 0 N–H and O–H groups in total. The lowest BCUT2D eigenvalue weighted by Gasteiger charge is -2.32. The number of amides is 1. The molecule has 1 aliphatic rings. The Bertz CT molecular complexity index is 998. The fourth-order valence-electron chi connectivity index (χ4n) is 3.32. The van der Waals surface area contributed by atoms with E-state index in [-0.39, 0.29) is 12.0 Å². The van der Waals surface area contributed by atoms with E-state index < -0.39 is 0 Å². The Morgan fingerprint density at radius 2 is 2.00 bits per heavy atom. The second kappa shape index (κ2) is 8.53. The van der Waals surface area contributed by atoms with Gasteiger partial charge in [0.1, 0.15) is 11.8 Å². The Morgan fingerprint density at radius 1 is 1.17 bits per heavy atom. The maximum Gasteiger partial charge on any atom is 0.273 e. The topological polar surface area (TPSA) is 81.1 Å². The van der Waals surface area contributed by atoms with Gasteiger partial charge in [-0.05, 0) is 43.5 Å². The highest BCUT2D eigenvalue weighted by atomic mass is 35.5. The molecule has 1 fully saturated rings. The molecule has 1 unspecified atom stereocenters. The van der Waals surface area contributed by atoms with Gasteiger partial charge in [-0.15, -0.1) is 0 Å². The molecule has 1 aliphatic heterocycles. The molecule has 3 aromatic rings. The Hall–Kier alpha value is -3.06. The van der Waals surface area contributed by atoms with Crippen molar-refractivity contribution >= 4 is 17.5 Å². The standard InChI is InChI=1S/C21H20ClN5O2/c1-14-10-17(20-23-7-3-8-24-20)19(26-11-14)21(28)27-9-2-4-16(13-27)29-18-6-5-15(22)12-25-18/h3,5-8,10-12,16H,2,4,9,13H2,1H3. The average Bonchev–Trinajstić information content (AvgIpc) is 2.76. The van der Waals surface area contributed by atoms with E-state index in [9.17, 15) is 4.79 Å². The number of ether oxygens (including phenoxy) is 1. The number of aryl methyl sites for hydroxylation is 1. The molecule has 1 atom stereocenters. The number of aromatic nitrogens is 4. The van der Waals surface area contributed by atoms with Crippen LogP contribution in [0.3, 0.4) is 0 Å². The minimum Gasteiger partial charge on any atom is -0.472 e. The summed E-state index contributed by atoms with van der Waals surface area (Å²) in [5.41, 5.74) is 1.93. The van der Waals surface area contributed by atoms with Crippen LogP contribution in [0.5, 0.6) is 5.88 Å². The first-order chi connectivity index (χ1) is 14.1. The van der Waals surface area contributed by atoms with Gasteiger partial charge in [0.05, 0.1) is 17.1 Å². The Balaban J connectivity index is 1.54. The van der Waals surface area contributed by atoms with Gasteiger partial charge < -0.3 is 9.64 Å². The van der Waals surface area contributed by atoms with Crippen molar-refractivity contribution in [3.05, 3.63) is 65.3 Å². The predicted octanol–water partition coefficient (Wildman–Crippen LogP) is 3.58. The molecule has 29 heavy (non-hydrogen) atoms. The van der Waals surface area contributed by atoms with Gasteiger partial charge in [-0.3, -0.25) is 9.78 Å². The molecular weight excluding hydrogens is 390 g/mol. The quantitative estimate of drug-likeness (QED) is 0.655. The average molecular weight is 410 g/mol. The van der Waals surface area contributed by atoms with E-state index in [4.69, 9.17) is 16.3 Å². The molecule has 0 spiro atoms. The molecule has 8 heteroatoms. The lowest BCUT2D eigenvalue weighted by Crippen LogP contribution is -2.44. The van der Waals surface area contributed by atoms with Crippen LogP contribution in [0, 0.1) is 6.92 Å². The van der Waals surface area contributed by atoms with Crippen molar-refractivity contribution in [2.45, 2.75) is 25.9 Å². The Kier molecular flexibility index (Phi) is 5.67. The van der Waals surface area contributed by atoms with E-state index in [2.05, 4.69) is 19.9 Å². The van der Waals surface area contributed by atoms with Crippen molar-refractivity contribution in [2.75, 3.05) is 13.1 Å². The molecular formula is C21H20ClN5O2. The largest absolute Gasteiger partial charge is 0.472 e. The molecule has 0 radical (unpaired) electrons. The number of hydrogen-bond acceptors (Lipinski definition) is 6. The summed E-state index contributed by atoms with van der Waals surface area (Å²) < 4.78 is 5.95. The summed E-state index contributed by atoms with van der Waals surface area (Å²) in [6.45, 7) is 3.04. The third-order valence-corrected chi connectivity index (χ3v) is 4.91. The lowest BCUT2D eigenvalue weighted by atomic mass is 10.1. The van der Waals surface area contributed by atoms with Crippen LogP contribution in [0.4, 0.5) is 0 Å². The van der Waals surface area contributed by atoms with E-state index in [1.807, 2.05) is 13.0 Å². The second-order valence-electron chi connectivity index (χ2n) is 6.93. The molecule has 4 heterocycles. The highest BCUT2D eigenvalue weighted by Gasteiger charge is 2.28. The molecule has 3 aromatic heterocycles. The SMILES string of the molecule is Cc1cnc(C(=O)N2CCCC(Oc3ccc(Cl)cn3)C2)c(-c2ncccn2)c1. The Labute approximate surface area is 173 Å². The lowest BCUT2D eigenvalue weighted by molar-refractivity contribution is 0.0523. The highest BCUT2D eigenvalue weighted by Crippen LogP contribution is 2.24. The van der Waals surface area contributed by atoms with Crippen molar-refractivity contribution in [3.8, 4) is 17.3 Å². The van der Waals surface area contributed by atoms with Crippen LogP contribution in [0.25, 0.3) is 11.4 Å². The van der Waals surface area contributed by atoms with E-state index >= 15 is 0 Å². The number of piperidine rings is 1. The van der Waals surface area contributed by atoms with Crippen LogP contribution in [0.2, 0.25) is 5.02 Å². The Morgan fingerprint density at radius 3 is 2.76 bits per heavy atom. The van der Waals surface area contributed by atoms with Crippen molar-refractivity contribution in [3.63, 3.8) is 0 Å². The number of carbonyl (C=O) groups excluding carboxylic acids is 1. The first kappa shape index (κ1) is 19.3. The monoisotopic (exact) mass is 409 g/mol. The molecule has 1 amide bonds. The summed E-state index contributed by atoms with van der Waals surface area (Å²) >= 11 is 5.88. The summed E-state index contributed by atoms with van der Waals surface area (Å²) in [4.78, 5) is 32.2. The van der Waals surface area contributed by atoms with Crippen LogP contribution in [-0.4, -0.2) is 49.9 Å². The third kappa shape index (κ3) is 4.51. The van der Waals surface area contributed by atoms with E-state index in [1.54, 1.807) is 47.9 Å². The van der Waals surface area contributed by atoms with Crippen molar-refractivity contribution < 1.29 is 9.53 Å². The molecule has 0 aromatic carbocycles. The van der Waals surface area contributed by atoms with Gasteiger partial charge in [-0.1, -0.05) is 11.6 Å². The zero-order valence-corrected chi connectivity index (χ0v) is 16.7. The van der Waals surface area contributed by atoms with Gasteiger partial charge in [0.2, 0.25) is 5.88 Å². The van der Waals surface area contributed by atoms with Gasteiger partial charge in [0.25, 0.3) is 5.91 Å². The molecule has 7 nitrogen and oxygen atoms in total. The summed E-state index contributed by atoms with van der Waals surface area (Å²) in [5, 5.41) is 0.555. The minimum absolute atomic E-state index is 0.136. The third-order valence-electron chi connectivity index (χ3n) is 4.69. The van der Waals surface area contributed by atoms with Crippen LogP contribution in [0.15, 0.2) is 49.1 Å². The number of pyridine rings is 2. The van der Waals surface area contributed by atoms with Crippen molar-refractivity contribution in [1.82, 2.24) is 24.8 Å². The molecule has 0 aliphatic carbocycles. The second-order valence-corrected chi connectivity index (χ2v) is 7.37. The molecule has 0 saturated carbocycles. The summed E-state index contributed by atoms with van der Waals surface area (Å²) in [5.74, 6) is 0.840. The van der Waals surface area contributed by atoms with Crippen molar-refractivity contribution in [2.24, 2.45) is 0 Å². The number of halogens is 1. The van der Waals surface area contributed by atoms with Crippen LogP contribution < -0.4 is 4.74 Å². The van der Waals surface area contributed by atoms with Crippen LogP contribution >= 0.6 is 11.6 Å². The molecule has 0 bridgehead atoms. The van der Waals surface area contributed by atoms with Crippen molar-refractivity contribution in [1.29, 1.82) is 0 Å². The van der Waals surface area contributed by atoms with Crippen LogP contribution in [0.1, 0.15) is 28.9 Å². The first-order valence-electron chi connectivity index (χ1n) is 9.41. The van der Waals surface area contributed by atoms with Gasteiger partial charge in [-0.2, -0.15) is 0 Å². The zero-order chi connectivity index (χ0) is 20.2. The summed E-state index contributed by atoms with van der Waals surface area (Å²) in [7, 11) is 0. The van der Waals surface area contributed by atoms with Gasteiger partial charge in [-0.25, -0.2) is 15.0 Å². The predicted molar refractivity (Wildman–Crippen MR) is 109 cm³/mol. The number of nitrogens with zero attached hydrogens (tertiary/aromatic N) is 5. The number of carbonyl (C=O) groups is 1. The number of likely N-dealkylation sites (tertiary alicyclic amines) is 1. The van der Waals surface area contributed by atoms with Crippen LogP contribution in [-0.2, 0) is 0 Å². The smallest absolute Gasteiger partial charge is 0.273 e. The summed E-state index contributed by atoms with van der Waals surface area (Å²) in [6.07, 6.45) is 8.10. The van der Waals surface area contributed by atoms with E-state index in [0.29, 0.717) is 41.1 Å². The van der Waals surface area contributed by atoms with Gasteiger partial charge >= 0.3 is 0 Å². The van der Waals surface area contributed by atoms with Gasteiger partial charge in [0, 0.05) is 37.4 Å². The first-order valence-corrected chi connectivity index (χ1v) is 9.79. The normalized spacial score (nSPS) is 16.5. The van der Waals surface area contributed by atoms with Gasteiger partial charge in [0.15, 0.2) is 5.82 Å². The zero-order valence-electron chi connectivity index (χ0n) is 16.0. The highest BCUT2D eigenvalue weighted by molar-refractivity contribution is 6.30. The minimum atomic E-state index is -0.148. The fourth-order valence-corrected chi connectivity index (χ4v) is 3.43. The molecule has 4 rings (SSSR count). The molecule has 1 saturated heterocycles. The van der Waals surface area contributed by atoms with E-state index in [0.717, 1.165) is 18.4 Å². The van der Waals surface area contributed by atoms with E-state index in [1.165, 1.54) is 0 Å².